The zero-order valence-electron chi connectivity index (χ0n) is 9.38. The van der Waals surface area contributed by atoms with Crippen molar-refractivity contribution in [3.05, 3.63) is 17.5 Å². The fourth-order valence-electron chi connectivity index (χ4n) is 1.87. The topological polar surface area (TPSA) is 55.3 Å². The molecule has 1 aliphatic rings. The highest BCUT2D eigenvalue weighted by Crippen LogP contribution is 2.18. The number of nitrogens with zero attached hydrogens (tertiary/aromatic N) is 3. The first-order valence-electron chi connectivity index (χ1n) is 5.58. The minimum Gasteiger partial charge on any atom is -0.474 e. The van der Waals surface area contributed by atoms with E-state index in [1.165, 1.54) is 6.33 Å². The van der Waals surface area contributed by atoms with Gasteiger partial charge in [-0.2, -0.15) is 0 Å². The van der Waals surface area contributed by atoms with Crippen LogP contribution in [0.25, 0.3) is 0 Å². The Morgan fingerprint density at radius 1 is 1.47 bits per heavy atom. The predicted octanol–water partition coefficient (Wildman–Crippen LogP) is 0.515. The van der Waals surface area contributed by atoms with Gasteiger partial charge in [0, 0.05) is 6.07 Å². The molecule has 1 aliphatic heterocycles. The lowest BCUT2D eigenvalue weighted by atomic mass is 9.90. The van der Waals surface area contributed by atoms with Gasteiger partial charge in [0.15, 0.2) is 0 Å². The van der Waals surface area contributed by atoms with Crippen LogP contribution in [0.3, 0.4) is 0 Å². The number of carbonyl (C=O) groups is 1. The molecule has 0 radical (unpaired) electrons. The molecule has 7 heteroatoms. The van der Waals surface area contributed by atoms with Gasteiger partial charge >= 0.3 is 0 Å². The minimum atomic E-state index is 0.142. The minimum absolute atomic E-state index is 0.142. The summed E-state index contributed by atoms with van der Waals surface area (Å²) < 4.78 is 5.71. The predicted molar refractivity (Wildman–Crippen MR) is 66.2 cm³/mol. The molecule has 0 unspecified atom stereocenters. The summed E-state index contributed by atoms with van der Waals surface area (Å²) >= 11 is 5.75. The molecule has 0 bridgehead atoms. The highest BCUT2D eigenvalue weighted by Gasteiger charge is 2.20. The molecule has 2 rings (SSSR count). The molecule has 0 aliphatic carbocycles. The molecular formula is C10H13BClN3O2. The van der Waals surface area contributed by atoms with Crippen LogP contribution in [-0.2, 0) is 4.79 Å². The van der Waals surface area contributed by atoms with E-state index in [-0.39, 0.29) is 6.10 Å². The van der Waals surface area contributed by atoms with Gasteiger partial charge in [-0.25, -0.2) is 9.97 Å². The van der Waals surface area contributed by atoms with E-state index in [1.807, 2.05) is 0 Å². The van der Waals surface area contributed by atoms with Crippen LogP contribution in [0.15, 0.2) is 12.4 Å². The Labute approximate surface area is 105 Å². The second-order valence-electron chi connectivity index (χ2n) is 3.96. The van der Waals surface area contributed by atoms with Gasteiger partial charge in [0.25, 0.3) is 7.41 Å². The van der Waals surface area contributed by atoms with Gasteiger partial charge in [0.05, 0.1) is 6.19 Å². The summed E-state index contributed by atoms with van der Waals surface area (Å²) in [5.41, 5.74) is 0. The third-order valence-corrected chi connectivity index (χ3v) is 2.97. The molecule has 0 saturated carbocycles. The molecule has 0 spiro atoms. The second-order valence-corrected chi connectivity index (χ2v) is 4.35. The van der Waals surface area contributed by atoms with E-state index >= 15 is 0 Å². The van der Waals surface area contributed by atoms with E-state index in [1.54, 1.807) is 6.07 Å². The number of hydrogen-bond acceptors (Lipinski definition) is 5. The average Bonchev–Trinajstić information content (AvgIpc) is 2.32. The molecule has 0 N–H and O–H groups in total. The number of ether oxygens (including phenoxy) is 1. The van der Waals surface area contributed by atoms with Crippen molar-refractivity contribution in [3.8, 4) is 5.88 Å². The Kier molecular flexibility index (Phi) is 4.33. The van der Waals surface area contributed by atoms with Crippen LogP contribution in [0.1, 0.15) is 12.8 Å². The fraction of sp³-hybridized carbons (Fsp3) is 0.500. The molecule has 1 saturated heterocycles. The number of rotatable bonds is 4. The van der Waals surface area contributed by atoms with Crippen LogP contribution in [0.2, 0.25) is 5.15 Å². The standard InChI is InChI=1S/C10H13BClN3O2/c12-9-5-10(14-7-13-9)17-8-1-3-15(4-2-8)11-6-16/h5-8,11H,1-4H2. The van der Waals surface area contributed by atoms with Crippen molar-refractivity contribution in [1.82, 2.24) is 14.8 Å². The lowest BCUT2D eigenvalue weighted by Gasteiger charge is -2.30. The van der Waals surface area contributed by atoms with Gasteiger partial charge in [0.1, 0.15) is 17.6 Å². The number of hydrogen-bond donors (Lipinski definition) is 0. The highest BCUT2D eigenvalue weighted by molar-refractivity contribution is 6.64. The molecule has 0 aromatic carbocycles. The molecule has 1 aromatic rings. The van der Waals surface area contributed by atoms with Gasteiger partial charge in [-0.1, -0.05) is 11.6 Å². The quantitative estimate of drug-likeness (QED) is 0.445. The molecule has 1 fully saturated rings. The molecular weight excluding hydrogens is 240 g/mol. The Balaban J connectivity index is 1.83. The summed E-state index contributed by atoms with van der Waals surface area (Å²) in [4.78, 5) is 20.3. The zero-order valence-corrected chi connectivity index (χ0v) is 10.1. The van der Waals surface area contributed by atoms with Gasteiger partial charge in [-0.15, -0.1) is 0 Å². The van der Waals surface area contributed by atoms with Gasteiger partial charge in [-0.3, -0.25) is 0 Å². The van der Waals surface area contributed by atoms with Crippen molar-refractivity contribution < 1.29 is 9.53 Å². The van der Waals surface area contributed by atoms with Gasteiger partial charge in [-0.05, 0) is 25.9 Å². The Morgan fingerprint density at radius 2 is 2.24 bits per heavy atom. The SMILES string of the molecule is O=CBN1CCC(Oc2cc(Cl)ncn2)CC1. The Morgan fingerprint density at radius 3 is 2.88 bits per heavy atom. The highest BCUT2D eigenvalue weighted by atomic mass is 35.5. The summed E-state index contributed by atoms with van der Waals surface area (Å²) in [6.45, 7) is 1.75. The number of piperidine rings is 1. The maximum atomic E-state index is 10.4. The lowest BCUT2D eigenvalue weighted by molar-refractivity contribution is 0.130. The summed E-state index contributed by atoms with van der Waals surface area (Å²) in [6.07, 6.45) is 4.26. The van der Waals surface area contributed by atoms with Crippen LogP contribution < -0.4 is 4.74 Å². The first-order chi connectivity index (χ1) is 8.28. The first-order valence-corrected chi connectivity index (χ1v) is 5.96. The van der Waals surface area contributed by atoms with Crippen LogP contribution >= 0.6 is 11.6 Å². The molecule has 0 atom stereocenters. The number of aromatic nitrogens is 2. The van der Waals surface area contributed by atoms with E-state index in [9.17, 15) is 4.79 Å². The normalized spacial score (nSPS) is 17.7. The Bertz CT molecular complexity index is 386. The zero-order chi connectivity index (χ0) is 12.1. The van der Waals surface area contributed by atoms with Crippen LogP contribution in [-0.4, -0.2) is 47.6 Å². The summed E-state index contributed by atoms with van der Waals surface area (Å²) in [5.74, 6) is 0.513. The van der Waals surface area contributed by atoms with Crippen LogP contribution in [0, 0.1) is 0 Å². The van der Waals surface area contributed by atoms with Crippen molar-refractivity contribution in [1.29, 1.82) is 0 Å². The first kappa shape index (κ1) is 12.3. The molecule has 5 nitrogen and oxygen atoms in total. The van der Waals surface area contributed by atoms with Crippen LogP contribution in [0.5, 0.6) is 5.88 Å². The van der Waals surface area contributed by atoms with E-state index in [4.69, 9.17) is 16.3 Å². The van der Waals surface area contributed by atoms with E-state index in [2.05, 4.69) is 14.8 Å². The fourth-order valence-corrected chi connectivity index (χ4v) is 2.00. The third-order valence-electron chi connectivity index (χ3n) is 2.76. The number of carbonyl (C=O) groups excluding carboxylic acids is 1. The molecule has 1 aromatic heterocycles. The molecule has 90 valence electrons. The smallest absolute Gasteiger partial charge is 0.281 e. The molecule has 2 heterocycles. The maximum absolute atomic E-state index is 10.4. The van der Waals surface area contributed by atoms with E-state index in [0.29, 0.717) is 18.4 Å². The molecule has 17 heavy (non-hydrogen) atoms. The largest absolute Gasteiger partial charge is 0.474 e. The average molecular weight is 253 g/mol. The third kappa shape index (κ3) is 3.68. The van der Waals surface area contributed by atoms with Crippen molar-refractivity contribution >= 4 is 25.2 Å². The molecule has 0 amide bonds. The van der Waals surface area contributed by atoms with Crippen molar-refractivity contribution in [2.45, 2.75) is 18.9 Å². The van der Waals surface area contributed by atoms with Crippen molar-refractivity contribution in [2.24, 2.45) is 0 Å². The summed E-state index contributed by atoms with van der Waals surface area (Å²) in [5, 5.41) is 0.383. The van der Waals surface area contributed by atoms with Crippen LogP contribution in [0.4, 0.5) is 0 Å². The monoisotopic (exact) mass is 253 g/mol. The van der Waals surface area contributed by atoms with Gasteiger partial charge < -0.3 is 14.3 Å². The van der Waals surface area contributed by atoms with E-state index < -0.39 is 0 Å². The van der Waals surface area contributed by atoms with Crippen molar-refractivity contribution in [2.75, 3.05) is 13.1 Å². The number of halogens is 1. The van der Waals surface area contributed by atoms with Gasteiger partial charge in [0.2, 0.25) is 5.88 Å². The van der Waals surface area contributed by atoms with Crippen molar-refractivity contribution in [3.63, 3.8) is 0 Å². The summed E-state index contributed by atoms with van der Waals surface area (Å²) in [7, 11) is 0.506. The second kappa shape index (κ2) is 5.98. The Hall–Kier alpha value is -1.14. The van der Waals surface area contributed by atoms with E-state index in [0.717, 1.165) is 32.1 Å². The summed E-state index contributed by atoms with van der Waals surface area (Å²) in [6, 6.07) is 1.61. The lowest BCUT2D eigenvalue weighted by Crippen LogP contribution is -2.40. The maximum Gasteiger partial charge on any atom is 0.281 e.